The lowest BCUT2D eigenvalue weighted by atomic mass is 9.94. The average Bonchev–Trinajstić information content (AvgIpc) is 3.63. The highest BCUT2D eigenvalue weighted by atomic mass is 19.2. The average molecular weight is 519 g/mol. The van der Waals surface area contributed by atoms with Crippen molar-refractivity contribution < 1.29 is 8.78 Å². The molecule has 0 radical (unpaired) electrons. The number of aromatic amines is 2. The maximum absolute atomic E-state index is 14.6. The Hall–Kier alpha value is -4.54. The van der Waals surface area contributed by atoms with Gasteiger partial charge in [0.2, 0.25) is 5.95 Å². The van der Waals surface area contributed by atoms with Gasteiger partial charge in [-0.2, -0.15) is 4.98 Å². The van der Waals surface area contributed by atoms with E-state index in [4.69, 9.17) is 0 Å². The maximum Gasteiger partial charge on any atom is 0.355 e. The zero-order valence-corrected chi connectivity index (χ0v) is 20.2. The highest BCUT2D eigenvalue weighted by Crippen LogP contribution is 2.43. The summed E-state index contributed by atoms with van der Waals surface area (Å²) in [5.74, 6) is -0.792. The van der Waals surface area contributed by atoms with Crippen molar-refractivity contribution in [1.29, 1.82) is 0 Å². The predicted octanol–water partition coefficient (Wildman–Crippen LogP) is 3.67. The van der Waals surface area contributed by atoms with Gasteiger partial charge in [-0.3, -0.25) is 9.36 Å². The number of rotatable bonds is 7. The van der Waals surface area contributed by atoms with Gasteiger partial charge in [0.15, 0.2) is 6.17 Å². The van der Waals surface area contributed by atoms with Gasteiger partial charge in [-0.25, -0.2) is 22.9 Å². The molecule has 3 aromatic heterocycles. The number of aromatic nitrogens is 5. The molecule has 1 fully saturated rings. The molecule has 194 valence electrons. The van der Waals surface area contributed by atoms with Crippen LogP contribution >= 0.6 is 0 Å². The van der Waals surface area contributed by atoms with Crippen LogP contribution in [0.1, 0.15) is 24.8 Å². The van der Waals surface area contributed by atoms with E-state index in [0.29, 0.717) is 16.8 Å². The third-order valence-electron chi connectivity index (χ3n) is 6.95. The van der Waals surface area contributed by atoms with E-state index in [9.17, 15) is 23.2 Å². The highest BCUT2D eigenvalue weighted by Gasteiger charge is 2.34. The Morgan fingerprint density at radius 2 is 1.84 bits per heavy atom. The number of hydrogen-bond acceptors (Lipinski definition) is 5. The minimum absolute atomic E-state index is 0.0130. The Labute approximate surface area is 214 Å². The fourth-order valence-electron chi connectivity index (χ4n) is 4.84. The van der Waals surface area contributed by atoms with E-state index in [2.05, 4.69) is 20.3 Å². The monoisotopic (exact) mass is 518 g/mol. The summed E-state index contributed by atoms with van der Waals surface area (Å²) >= 11 is 0. The fraction of sp³-hybridized carbons (Fsp3) is 0.259. The van der Waals surface area contributed by atoms with Gasteiger partial charge in [0.25, 0.3) is 5.56 Å². The fourth-order valence-corrected chi connectivity index (χ4v) is 4.84. The van der Waals surface area contributed by atoms with Crippen molar-refractivity contribution in [2.24, 2.45) is 5.92 Å². The van der Waals surface area contributed by atoms with Crippen LogP contribution in [-0.2, 0) is 13.1 Å². The topological polar surface area (TPSA) is 118 Å². The Bertz CT molecular complexity index is 1790. The van der Waals surface area contributed by atoms with E-state index >= 15 is 0 Å². The van der Waals surface area contributed by atoms with Gasteiger partial charge in [0.1, 0.15) is 5.83 Å². The molecule has 3 heterocycles. The Morgan fingerprint density at radius 1 is 1.00 bits per heavy atom. The van der Waals surface area contributed by atoms with Crippen molar-refractivity contribution in [2.45, 2.75) is 38.5 Å². The minimum Gasteiger partial charge on any atom is -0.361 e. The van der Waals surface area contributed by atoms with Crippen molar-refractivity contribution in [1.82, 2.24) is 24.1 Å². The molecule has 1 atom stereocenters. The second-order valence-electron chi connectivity index (χ2n) is 9.62. The van der Waals surface area contributed by atoms with Gasteiger partial charge in [-0.05, 0) is 54.2 Å². The van der Waals surface area contributed by atoms with Gasteiger partial charge >= 0.3 is 11.4 Å². The Morgan fingerprint density at radius 3 is 2.63 bits per heavy atom. The predicted molar refractivity (Wildman–Crippen MR) is 139 cm³/mol. The quantitative estimate of drug-likeness (QED) is 0.345. The standard InChI is InChI=1S/C27H24F2N6O3/c28-20-12-15(11-19(23(20)29)16-6-7-16)13-34-25(32-22-5-1-4-21-18(22)8-10-30-21)33-26(37)35(27(34)38)14-17-3-2-9-31-24(17)36/h1-5,8-11,16,20,30H,6-7,12-14H2,(H,31,36)(H,32,33,37). The number of fused-ring (bicyclic) bond motifs is 1. The maximum atomic E-state index is 14.6. The molecule has 1 aromatic carbocycles. The summed E-state index contributed by atoms with van der Waals surface area (Å²) in [6.07, 6.45) is 4.44. The van der Waals surface area contributed by atoms with Crippen LogP contribution in [0.25, 0.3) is 10.9 Å². The number of hydrogen-bond donors (Lipinski definition) is 3. The van der Waals surface area contributed by atoms with Crippen LogP contribution in [0.3, 0.4) is 0 Å². The van der Waals surface area contributed by atoms with Crippen molar-refractivity contribution in [2.75, 3.05) is 5.32 Å². The molecule has 3 N–H and O–H groups in total. The molecule has 6 rings (SSSR count). The zero-order valence-electron chi connectivity index (χ0n) is 20.2. The number of nitrogens with zero attached hydrogens (tertiary/aromatic N) is 3. The number of H-pyrrole nitrogens is 2. The molecule has 1 saturated carbocycles. The molecule has 2 aliphatic rings. The van der Waals surface area contributed by atoms with Crippen LogP contribution in [0, 0.1) is 5.92 Å². The van der Waals surface area contributed by atoms with Gasteiger partial charge < -0.3 is 15.3 Å². The van der Waals surface area contributed by atoms with Gasteiger partial charge in [-0.15, -0.1) is 0 Å². The SMILES string of the molecule is O=c1[nH]cccc1Cn1c(=O)nc(Nc2cccc3[nH]ccc23)n(CC2=CC(C3CC3)=C(F)C(F)C2)c1=O. The smallest absolute Gasteiger partial charge is 0.355 e. The van der Waals surface area contributed by atoms with E-state index in [1.807, 2.05) is 12.1 Å². The number of anilines is 2. The number of allylic oxidation sites excluding steroid dienone is 4. The van der Waals surface area contributed by atoms with Crippen molar-refractivity contribution in [3.05, 3.63) is 109 Å². The number of nitrogens with one attached hydrogen (secondary N) is 3. The van der Waals surface area contributed by atoms with Crippen LogP contribution < -0.4 is 22.3 Å². The molecule has 9 nitrogen and oxygen atoms in total. The summed E-state index contributed by atoms with van der Waals surface area (Å²) in [6.45, 7) is -0.395. The van der Waals surface area contributed by atoms with Crippen LogP contribution in [0.4, 0.5) is 20.4 Å². The van der Waals surface area contributed by atoms with E-state index in [0.717, 1.165) is 28.3 Å². The number of halogens is 2. The summed E-state index contributed by atoms with van der Waals surface area (Å²) in [7, 11) is 0. The van der Waals surface area contributed by atoms with Gasteiger partial charge in [0, 0.05) is 35.3 Å². The third kappa shape index (κ3) is 4.40. The first-order chi connectivity index (χ1) is 18.4. The summed E-state index contributed by atoms with van der Waals surface area (Å²) < 4.78 is 31.2. The first-order valence-electron chi connectivity index (χ1n) is 12.3. The first-order valence-corrected chi connectivity index (χ1v) is 12.3. The lowest BCUT2D eigenvalue weighted by Gasteiger charge is -2.21. The summed E-state index contributed by atoms with van der Waals surface area (Å²) in [6, 6.07) is 10.4. The lowest BCUT2D eigenvalue weighted by molar-refractivity contribution is 0.311. The van der Waals surface area contributed by atoms with Crippen LogP contribution in [0.5, 0.6) is 0 Å². The first kappa shape index (κ1) is 23.8. The lowest BCUT2D eigenvalue weighted by Crippen LogP contribution is -2.43. The van der Waals surface area contributed by atoms with E-state index < -0.39 is 28.9 Å². The number of pyridine rings is 1. The van der Waals surface area contributed by atoms with E-state index in [1.54, 1.807) is 30.5 Å². The molecule has 0 aliphatic heterocycles. The van der Waals surface area contributed by atoms with Crippen molar-refractivity contribution in [3.63, 3.8) is 0 Å². The zero-order chi connectivity index (χ0) is 26.4. The Balaban J connectivity index is 1.46. The van der Waals surface area contributed by atoms with Crippen molar-refractivity contribution in [3.8, 4) is 0 Å². The summed E-state index contributed by atoms with van der Waals surface area (Å²) in [4.78, 5) is 48.7. The molecular formula is C27H24F2N6O3. The molecule has 38 heavy (non-hydrogen) atoms. The van der Waals surface area contributed by atoms with Gasteiger partial charge in [-0.1, -0.05) is 18.2 Å². The summed E-state index contributed by atoms with van der Waals surface area (Å²) in [5, 5.41) is 3.90. The second-order valence-corrected chi connectivity index (χ2v) is 9.62. The third-order valence-corrected chi connectivity index (χ3v) is 6.95. The largest absolute Gasteiger partial charge is 0.361 e. The minimum atomic E-state index is -1.78. The molecule has 2 aliphatic carbocycles. The molecule has 11 heteroatoms. The molecule has 1 unspecified atom stereocenters. The highest BCUT2D eigenvalue weighted by molar-refractivity contribution is 5.93. The molecular weight excluding hydrogens is 494 g/mol. The number of benzene rings is 1. The molecule has 4 aromatic rings. The molecule has 0 amide bonds. The summed E-state index contributed by atoms with van der Waals surface area (Å²) in [5.41, 5.74) is 0.499. The second kappa shape index (κ2) is 9.40. The van der Waals surface area contributed by atoms with Crippen LogP contribution in [0.15, 0.2) is 86.2 Å². The van der Waals surface area contributed by atoms with Crippen LogP contribution in [0.2, 0.25) is 0 Å². The molecule has 0 spiro atoms. The molecule has 0 bridgehead atoms. The molecule has 0 saturated heterocycles. The van der Waals surface area contributed by atoms with Gasteiger partial charge in [0.05, 0.1) is 18.8 Å². The normalized spacial score (nSPS) is 17.6. The Kier molecular flexibility index (Phi) is 5.90. The van der Waals surface area contributed by atoms with Crippen LogP contribution in [-0.4, -0.2) is 30.3 Å². The number of alkyl halides is 1. The van der Waals surface area contributed by atoms with E-state index in [-0.39, 0.29) is 36.9 Å². The van der Waals surface area contributed by atoms with E-state index in [1.165, 1.54) is 16.8 Å². The van der Waals surface area contributed by atoms with Crippen molar-refractivity contribution >= 4 is 22.5 Å².